The molecule has 4 aliphatic rings. The lowest BCUT2D eigenvalue weighted by molar-refractivity contribution is -0.121. The Hall–Kier alpha value is -7.94. The number of halogens is 2. The van der Waals surface area contributed by atoms with Crippen LogP contribution in [0.4, 0.5) is 0 Å². The van der Waals surface area contributed by atoms with E-state index in [1.165, 1.54) is 92.6 Å². The molecule has 0 spiro atoms. The Kier molecular flexibility index (Phi) is 23.8. The van der Waals surface area contributed by atoms with Crippen LogP contribution in [0.1, 0.15) is 220 Å². The molecule has 0 saturated heterocycles. The van der Waals surface area contributed by atoms with Crippen LogP contribution in [0, 0.1) is 58.2 Å². The molecule has 9 atom stereocenters. The van der Waals surface area contributed by atoms with E-state index in [4.69, 9.17) is 61.1 Å². The molecule has 0 aromatic heterocycles. The van der Waals surface area contributed by atoms with Gasteiger partial charge in [0.2, 0.25) is 0 Å². The van der Waals surface area contributed by atoms with Crippen LogP contribution >= 0.6 is 23.2 Å². The molecule has 14 nitrogen and oxygen atoms in total. The average Bonchev–Trinajstić information content (AvgIpc) is 1.68. The van der Waals surface area contributed by atoms with Crippen molar-refractivity contribution in [2.24, 2.45) is 58.2 Å². The minimum atomic E-state index is -0.761. The van der Waals surface area contributed by atoms with E-state index in [0.717, 1.165) is 54.8 Å². The third-order valence-corrected chi connectivity index (χ3v) is 22.6. The molecule has 4 saturated carbocycles. The van der Waals surface area contributed by atoms with Crippen LogP contribution < -0.4 is 9.47 Å². The number of fused-ring (bicyclic) bond motifs is 5. The van der Waals surface area contributed by atoms with E-state index < -0.39 is 35.8 Å². The number of carbonyl (C=O) groups excluding carboxylic acids is 6. The van der Waals surface area contributed by atoms with Crippen LogP contribution in [0.15, 0.2) is 127 Å². The van der Waals surface area contributed by atoms with Gasteiger partial charge in [-0.15, -0.1) is 0 Å². The van der Waals surface area contributed by atoms with Crippen LogP contribution in [-0.2, 0) is 54.8 Å². The fourth-order valence-electron chi connectivity index (χ4n) is 16.8. The number of carbonyl (C=O) groups is 6. The van der Waals surface area contributed by atoms with E-state index in [0.29, 0.717) is 90.3 Å². The zero-order chi connectivity index (χ0) is 69.1. The lowest BCUT2D eigenvalue weighted by atomic mass is 9.44. The fraction of sp³-hybridized carbons (Fsp3) is 0.457. The van der Waals surface area contributed by atoms with E-state index in [1.807, 2.05) is 0 Å². The van der Waals surface area contributed by atoms with E-state index in [-0.39, 0.29) is 59.1 Å². The summed E-state index contributed by atoms with van der Waals surface area (Å²) in [6.45, 7) is 12.1. The maximum atomic E-state index is 14.8. The van der Waals surface area contributed by atoms with E-state index >= 15 is 0 Å². The predicted molar refractivity (Wildman–Crippen MR) is 374 cm³/mol. The van der Waals surface area contributed by atoms with Crippen LogP contribution in [0.5, 0.6) is 11.5 Å². The van der Waals surface area contributed by atoms with Crippen LogP contribution in [0.3, 0.4) is 0 Å². The number of hydrogen-bond donors (Lipinski definition) is 0. The number of ether oxygens (including phenoxy) is 8. The summed E-state index contributed by atoms with van der Waals surface area (Å²) >= 11 is 14.8. The summed E-state index contributed by atoms with van der Waals surface area (Å²) in [5, 5.41) is 0.168. The first-order valence-electron chi connectivity index (χ1n) is 34.3. The number of hydrogen-bond acceptors (Lipinski definition) is 14. The quantitative estimate of drug-likeness (QED) is 0.0370. The van der Waals surface area contributed by atoms with Gasteiger partial charge >= 0.3 is 35.8 Å². The Balaban J connectivity index is 0.989. The fourth-order valence-corrected chi connectivity index (χ4v) is 17.3. The minimum Gasteiger partial charge on any atom is -0.486 e. The first-order chi connectivity index (χ1) is 46.6. The van der Waals surface area contributed by atoms with Gasteiger partial charge in [-0.3, -0.25) is 0 Å². The highest BCUT2D eigenvalue weighted by molar-refractivity contribution is 6.33. The van der Waals surface area contributed by atoms with Crippen molar-refractivity contribution in [3.63, 3.8) is 0 Å². The number of methoxy groups -OCH3 is 4. The molecular formula is C81H92Cl2O14. The standard InChI is InChI=1S/C81H92Cl2O14/c1-49(2)12-10-13-50(3)67-34-35-68-64-33-32-62-40-51(36-38-80(62,4)69(64)37-39-81(67,68)5)14-11-15-63(60-41-65(78(88)96-47-54-20-28-58(29-21-54)76(86)92-8)72(70(82)43-60)94-45-52-16-24-56(25-17-52)74(84)90-6)61-42-66(79(89)97-48-55-22-30-59(31-23-55)77(87)93-9)73(71(83)44-61)95-46-53-18-26-57(27-19-53)75(85)91-7/h15-31,41-44,49-51,62,64,67-69H,10-14,32-40,45-48H2,1-9H3/t50-,51+,62?,64+,67-,68+,69+,80+,81-/m1/s1. The van der Waals surface area contributed by atoms with Crippen molar-refractivity contribution in [3.05, 3.63) is 204 Å². The summed E-state index contributed by atoms with van der Waals surface area (Å²) in [5.41, 5.74) is 6.23. The van der Waals surface area contributed by atoms with Gasteiger partial charge in [-0.2, -0.15) is 0 Å². The molecule has 4 fully saturated rings. The second-order valence-corrected chi connectivity index (χ2v) is 29.0. The van der Waals surface area contributed by atoms with Gasteiger partial charge < -0.3 is 37.9 Å². The molecule has 0 N–H and O–H groups in total. The summed E-state index contributed by atoms with van der Waals surface area (Å²) in [6, 6.07) is 33.2. The third kappa shape index (κ3) is 16.6. The predicted octanol–water partition coefficient (Wildman–Crippen LogP) is 19.0. The molecule has 6 aromatic rings. The largest absolute Gasteiger partial charge is 0.486 e. The summed E-state index contributed by atoms with van der Waals surface area (Å²) in [6.07, 6.45) is 19.2. The Morgan fingerprint density at radius 2 is 0.907 bits per heavy atom. The molecule has 10 rings (SSSR count). The number of rotatable bonds is 26. The number of benzene rings is 6. The van der Waals surface area contributed by atoms with E-state index in [1.54, 1.807) is 121 Å². The molecule has 0 bridgehead atoms. The van der Waals surface area contributed by atoms with Crippen molar-refractivity contribution < 1.29 is 66.7 Å². The molecule has 97 heavy (non-hydrogen) atoms. The van der Waals surface area contributed by atoms with Gasteiger partial charge in [-0.05, 0) is 241 Å². The first-order valence-corrected chi connectivity index (χ1v) is 35.1. The molecule has 4 aliphatic carbocycles. The van der Waals surface area contributed by atoms with Gasteiger partial charge in [0.1, 0.15) is 37.6 Å². The smallest absolute Gasteiger partial charge is 0.342 e. The third-order valence-electron chi connectivity index (χ3n) is 22.1. The minimum absolute atomic E-state index is 0.00218. The van der Waals surface area contributed by atoms with Gasteiger partial charge in [0.25, 0.3) is 0 Å². The molecular weight excluding hydrogens is 1270 g/mol. The SMILES string of the molecule is COC(=O)c1ccc(COC(=O)c2cc(C(=CCC[C@H]3CC[C@@]4(C)C(CC[C@H]5[C@@H]6CC[C@H]([C@H](C)CCCC(C)C)[C@@]6(C)CC[C@@H]54)C3)c3cc(Cl)c(OCc4ccc(C(=O)OC)cc4)c(C(=O)OCc4ccc(C(=O)OC)cc4)c3)cc(Cl)c2OCc2ccc(C(=O)OC)cc2)cc1. The molecule has 0 radical (unpaired) electrons. The van der Waals surface area contributed by atoms with Crippen molar-refractivity contribution in [2.75, 3.05) is 28.4 Å². The zero-order valence-corrected chi connectivity index (χ0v) is 59.0. The Morgan fingerprint density at radius 1 is 0.485 bits per heavy atom. The topological polar surface area (TPSA) is 176 Å². The molecule has 6 aromatic carbocycles. The Labute approximate surface area is 581 Å². The molecule has 514 valence electrons. The second-order valence-electron chi connectivity index (χ2n) is 28.2. The monoisotopic (exact) mass is 1360 g/mol. The van der Waals surface area contributed by atoms with Crippen LogP contribution in [-0.4, -0.2) is 64.3 Å². The normalized spacial score (nSPS) is 21.9. The molecule has 1 unspecified atom stereocenters. The lowest BCUT2D eigenvalue weighted by Crippen LogP contribution is -2.53. The van der Waals surface area contributed by atoms with E-state index in [9.17, 15) is 28.8 Å². The second kappa shape index (κ2) is 32.2. The van der Waals surface area contributed by atoms with Crippen molar-refractivity contribution in [2.45, 2.75) is 151 Å². The molecule has 16 heteroatoms. The molecule has 0 aliphatic heterocycles. The van der Waals surface area contributed by atoms with Crippen LogP contribution in [0.2, 0.25) is 10.0 Å². The van der Waals surface area contributed by atoms with E-state index in [2.05, 4.69) is 40.7 Å². The van der Waals surface area contributed by atoms with Gasteiger partial charge in [0.05, 0.1) is 60.7 Å². The van der Waals surface area contributed by atoms with Crippen molar-refractivity contribution >= 4 is 64.6 Å². The van der Waals surface area contributed by atoms with Crippen LogP contribution in [0.25, 0.3) is 5.57 Å². The molecule has 0 heterocycles. The Morgan fingerprint density at radius 3 is 1.34 bits per heavy atom. The average molecular weight is 1360 g/mol. The van der Waals surface area contributed by atoms with Crippen molar-refractivity contribution in [1.29, 1.82) is 0 Å². The van der Waals surface area contributed by atoms with Gasteiger partial charge in [-0.25, -0.2) is 28.8 Å². The summed E-state index contributed by atoms with van der Waals surface area (Å²) in [7, 11) is 5.22. The Bertz CT molecular complexity index is 3630. The van der Waals surface area contributed by atoms with Gasteiger partial charge in [0, 0.05) is 0 Å². The van der Waals surface area contributed by atoms with Gasteiger partial charge in [-0.1, -0.05) is 132 Å². The highest BCUT2D eigenvalue weighted by Crippen LogP contribution is 2.69. The summed E-state index contributed by atoms with van der Waals surface area (Å²) in [4.78, 5) is 78.9. The summed E-state index contributed by atoms with van der Waals surface area (Å²) in [5.74, 6) is 2.37. The summed E-state index contributed by atoms with van der Waals surface area (Å²) < 4.78 is 44.6. The first kappa shape index (κ1) is 71.8. The maximum absolute atomic E-state index is 14.8. The highest BCUT2D eigenvalue weighted by Gasteiger charge is 2.60. The highest BCUT2D eigenvalue weighted by atomic mass is 35.5. The lowest BCUT2D eigenvalue weighted by Gasteiger charge is -2.61. The van der Waals surface area contributed by atoms with Crippen molar-refractivity contribution in [3.8, 4) is 11.5 Å². The molecule has 0 amide bonds. The number of esters is 6. The number of allylic oxidation sites excluding steroid dienone is 1. The van der Waals surface area contributed by atoms with Gasteiger partial charge in [0.15, 0.2) is 11.5 Å². The maximum Gasteiger partial charge on any atom is 0.342 e. The zero-order valence-electron chi connectivity index (χ0n) is 57.4. The van der Waals surface area contributed by atoms with Crippen molar-refractivity contribution in [1.82, 2.24) is 0 Å².